The van der Waals surface area contributed by atoms with Gasteiger partial charge in [-0.3, -0.25) is 9.89 Å². The van der Waals surface area contributed by atoms with Crippen LogP contribution in [0.2, 0.25) is 0 Å². The summed E-state index contributed by atoms with van der Waals surface area (Å²) in [6, 6.07) is 7.94. The van der Waals surface area contributed by atoms with E-state index >= 15 is 0 Å². The molecule has 0 fully saturated rings. The van der Waals surface area contributed by atoms with Crippen LogP contribution in [-0.4, -0.2) is 26.1 Å². The van der Waals surface area contributed by atoms with E-state index in [0.29, 0.717) is 12.0 Å². The third-order valence-electron chi connectivity index (χ3n) is 3.18. The van der Waals surface area contributed by atoms with Gasteiger partial charge in [0.1, 0.15) is 12.1 Å². The largest absolute Gasteiger partial charge is 0.504 e. The number of hydrogen-bond acceptors (Lipinski definition) is 5. The number of ketones is 1. The lowest BCUT2D eigenvalue weighted by Crippen LogP contribution is -2.00. The van der Waals surface area contributed by atoms with Crippen LogP contribution in [0.25, 0.3) is 5.76 Å². The van der Waals surface area contributed by atoms with Crippen LogP contribution >= 0.6 is 11.3 Å². The van der Waals surface area contributed by atoms with E-state index in [9.17, 15) is 14.3 Å². The van der Waals surface area contributed by atoms with E-state index in [1.54, 1.807) is 23.6 Å². The normalized spacial score (nSPS) is 11.6. The number of benzene rings is 1. The predicted octanol–water partition coefficient (Wildman–Crippen LogP) is 3.38. The molecule has 0 saturated carbocycles. The Labute approximate surface area is 135 Å². The van der Waals surface area contributed by atoms with Crippen LogP contribution in [0.5, 0.6) is 0 Å². The van der Waals surface area contributed by atoms with Gasteiger partial charge in [0.15, 0.2) is 11.5 Å². The number of aromatic nitrogens is 3. The van der Waals surface area contributed by atoms with Crippen molar-refractivity contribution >= 4 is 22.9 Å². The molecule has 0 amide bonds. The number of nitrogens with zero attached hydrogens (tertiary/aromatic N) is 2. The quantitative estimate of drug-likeness (QED) is 0.427. The summed E-state index contributed by atoms with van der Waals surface area (Å²) in [5, 5.41) is 17.8. The standard InChI is InChI=1S/C16H12FN3O2S/c17-11-3-1-2-10(6-11)7-15-12(4-5-23-15)13(21)8-14(22)16-18-9-19-20-16/h1-6,8-9,22H,7H2,(H,18,19,20). The molecule has 0 spiro atoms. The molecular formula is C16H12FN3O2S. The van der Waals surface area contributed by atoms with E-state index in [4.69, 9.17) is 0 Å². The molecule has 0 radical (unpaired) electrons. The first kappa shape index (κ1) is 15.1. The number of aliphatic hydroxyl groups excluding tert-OH is 1. The summed E-state index contributed by atoms with van der Waals surface area (Å²) in [6.07, 6.45) is 2.84. The predicted molar refractivity (Wildman–Crippen MR) is 84.8 cm³/mol. The van der Waals surface area contributed by atoms with Crippen molar-refractivity contribution < 1.29 is 14.3 Å². The number of aliphatic hydroxyl groups is 1. The van der Waals surface area contributed by atoms with E-state index < -0.39 is 0 Å². The van der Waals surface area contributed by atoms with Gasteiger partial charge in [0.05, 0.1) is 0 Å². The van der Waals surface area contributed by atoms with Gasteiger partial charge >= 0.3 is 0 Å². The van der Waals surface area contributed by atoms with Crippen LogP contribution in [-0.2, 0) is 6.42 Å². The fourth-order valence-electron chi connectivity index (χ4n) is 2.13. The summed E-state index contributed by atoms with van der Waals surface area (Å²) in [4.78, 5) is 16.9. The van der Waals surface area contributed by atoms with Crippen LogP contribution in [0, 0.1) is 5.82 Å². The second-order valence-corrected chi connectivity index (χ2v) is 5.78. The second-order valence-electron chi connectivity index (χ2n) is 4.78. The lowest BCUT2D eigenvalue weighted by molar-refractivity contribution is 0.104. The molecule has 23 heavy (non-hydrogen) atoms. The number of carbonyl (C=O) groups is 1. The highest BCUT2D eigenvalue weighted by Gasteiger charge is 2.14. The van der Waals surface area contributed by atoms with Gasteiger partial charge < -0.3 is 5.11 Å². The Kier molecular flexibility index (Phi) is 4.29. The lowest BCUT2D eigenvalue weighted by Gasteiger charge is -2.02. The zero-order chi connectivity index (χ0) is 16.2. The van der Waals surface area contributed by atoms with Gasteiger partial charge in [-0.1, -0.05) is 12.1 Å². The number of hydrogen-bond donors (Lipinski definition) is 2. The lowest BCUT2D eigenvalue weighted by atomic mass is 10.1. The van der Waals surface area contributed by atoms with Gasteiger partial charge in [-0.25, -0.2) is 9.37 Å². The Balaban J connectivity index is 1.83. The van der Waals surface area contributed by atoms with E-state index in [0.717, 1.165) is 16.5 Å². The van der Waals surface area contributed by atoms with Crippen molar-refractivity contribution in [3.8, 4) is 0 Å². The van der Waals surface area contributed by atoms with Crippen molar-refractivity contribution in [2.24, 2.45) is 0 Å². The summed E-state index contributed by atoms with van der Waals surface area (Å²) in [5.74, 6) is -0.909. The van der Waals surface area contributed by atoms with Crippen LogP contribution in [0.3, 0.4) is 0 Å². The molecule has 2 N–H and O–H groups in total. The summed E-state index contributed by atoms with van der Waals surface area (Å²) in [5.41, 5.74) is 1.25. The van der Waals surface area contributed by atoms with E-state index in [1.165, 1.54) is 29.8 Å². The second kappa shape index (κ2) is 6.53. The summed E-state index contributed by atoms with van der Waals surface area (Å²) in [6.45, 7) is 0. The highest BCUT2D eigenvalue weighted by Crippen LogP contribution is 2.22. The molecule has 5 nitrogen and oxygen atoms in total. The molecule has 2 heterocycles. The number of nitrogens with one attached hydrogen (secondary N) is 1. The number of carbonyl (C=O) groups excluding carboxylic acids is 1. The molecule has 0 unspecified atom stereocenters. The van der Waals surface area contributed by atoms with Crippen molar-refractivity contribution in [3.63, 3.8) is 0 Å². The van der Waals surface area contributed by atoms with E-state index in [1.807, 2.05) is 0 Å². The average molecular weight is 329 g/mol. The Morgan fingerprint density at radius 2 is 2.26 bits per heavy atom. The molecule has 116 valence electrons. The number of thiophene rings is 1. The first-order valence-corrected chi connectivity index (χ1v) is 7.63. The maximum Gasteiger partial charge on any atom is 0.215 e. The molecule has 7 heteroatoms. The van der Waals surface area contributed by atoms with Crippen LogP contribution < -0.4 is 0 Å². The smallest absolute Gasteiger partial charge is 0.215 e. The maximum absolute atomic E-state index is 13.3. The molecule has 0 atom stereocenters. The summed E-state index contributed by atoms with van der Waals surface area (Å²) < 4.78 is 13.3. The van der Waals surface area contributed by atoms with Gasteiger partial charge in [0.25, 0.3) is 0 Å². The van der Waals surface area contributed by atoms with Gasteiger partial charge in [-0.2, -0.15) is 5.10 Å². The van der Waals surface area contributed by atoms with E-state index in [-0.39, 0.29) is 23.2 Å². The zero-order valence-corrected chi connectivity index (χ0v) is 12.7. The first-order valence-electron chi connectivity index (χ1n) is 6.75. The Bertz CT molecular complexity index is 856. The number of aromatic amines is 1. The number of allylic oxidation sites excluding steroid dienone is 1. The molecule has 0 aliphatic rings. The fraction of sp³-hybridized carbons (Fsp3) is 0.0625. The van der Waals surface area contributed by atoms with Gasteiger partial charge in [0.2, 0.25) is 5.82 Å². The SMILES string of the molecule is O=C(C=C(O)c1nc[nH]n1)c1ccsc1Cc1cccc(F)c1. The first-order chi connectivity index (χ1) is 11.1. The fourth-order valence-corrected chi connectivity index (χ4v) is 3.04. The molecule has 0 aliphatic heterocycles. The number of H-pyrrole nitrogens is 1. The van der Waals surface area contributed by atoms with Gasteiger partial charge in [0, 0.05) is 22.9 Å². The average Bonchev–Trinajstić information content (AvgIpc) is 3.18. The Hall–Kier alpha value is -2.80. The van der Waals surface area contributed by atoms with Crippen molar-refractivity contribution in [2.75, 3.05) is 0 Å². The van der Waals surface area contributed by atoms with Crippen LogP contribution in [0.4, 0.5) is 4.39 Å². The highest BCUT2D eigenvalue weighted by atomic mass is 32.1. The maximum atomic E-state index is 13.3. The molecular weight excluding hydrogens is 317 g/mol. The molecule has 0 aliphatic carbocycles. The minimum absolute atomic E-state index is 0.0558. The molecule has 2 aromatic heterocycles. The minimum atomic E-state index is -0.347. The minimum Gasteiger partial charge on any atom is -0.504 e. The molecule has 3 aromatic rings. The Morgan fingerprint density at radius 1 is 1.39 bits per heavy atom. The summed E-state index contributed by atoms with van der Waals surface area (Å²) in [7, 11) is 0. The molecule has 1 aromatic carbocycles. The monoisotopic (exact) mass is 329 g/mol. The van der Waals surface area contributed by atoms with Gasteiger partial charge in [-0.15, -0.1) is 11.3 Å². The Morgan fingerprint density at radius 3 is 3.00 bits per heavy atom. The third-order valence-corrected chi connectivity index (χ3v) is 4.10. The molecule has 3 rings (SSSR count). The highest BCUT2D eigenvalue weighted by molar-refractivity contribution is 7.10. The molecule has 0 saturated heterocycles. The topological polar surface area (TPSA) is 78.9 Å². The van der Waals surface area contributed by atoms with Crippen molar-refractivity contribution in [1.82, 2.24) is 15.2 Å². The van der Waals surface area contributed by atoms with Crippen molar-refractivity contribution in [1.29, 1.82) is 0 Å². The van der Waals surface area contributed by atoms with Crippen LogP contribution in [0.1, 0.15) is 26.6 Å². The number of rotatable bonds is 5. The van der Waals surface area contributed by atoms with Crippen molar-refractivity contribution in [3.05, 3.63) is 75.8 Å². The van der Waals surface area contributed by atoms with Gasteiger partial charge in [-0.05, 0) is 29.1 Å². The van der Waals surface area contributed by atoms with Crippen LogP contribution in [0.15, 0.2) is 48.1 Å². The number of halogens is 1. The van der Waals surface area contributed by atoms with Crippen molar-refractivity contribution in [2.45, 2.75) is 6.42 Å². The summed E-state index contributed by atoms with van der Waals surface area (Å²) >= 11 is 1.41. The zero-order valence-electron chi connectivity index (χ0n) is 11.9. The third kappa shape index (κ3) is 3.51. The van der Waals surface area contributed by atoms with E-state index in [2.05, 4.69) is 15.2 Å². The molecule has 0 bridgehead atoms.